The van der Waals surface area contributed by atoms with Gasteiger partial charge in [-0.1, -0.05) is 13.8 Å². The first-order chi connectivity index (χ1) is 10.2. The van der Waals surface area contributed by atoms with Gasteiger partial charge in [0.15, 0.2) is 0 Å². The molecule has 4 heteroatoms. The van der Waals surface area contributed by atoms with Gasteiger partial charge in [0.05, 0.1) is 12.8 Å². The highest BCUT2D eigenvalue weighted by Crippen LogP contribution is 2.16. The number of pyridine rings is 1. The Balaban J connectivity index is 2.00. The molecule has 0 aliphatic carbocycles. The SMILES string of the molecule is CCN(Cc1ccco1)c1cc(CNCC(C)C)ccn1. The smallest absolute Gasteiger partial charge is 0.129 e. The molecule has 0 aliphatic rings. The molecule has 0 fully saturated rings. The fourth-order valence-electron chi connectivity index (χ4n) is 2.19. The summed E-state index contributed by atoms with van der Waals surface area (Å²) >= 11 is 0. The number of nitrogens with zero attached hydrogens (tertiary/aromatic N) is 2. The zero-order chi connectivity index (χ0) is 15.1. The van der Waals surface area contributed by atoms with Gasteiger partial charge in [-0.25, -0.2) is 4.98 Å². The van der Waals surface area contributed by atoms with Crippen LogP contribution in [0.3, 0.4) is 0 Å². The summed E-state index contributed by atoms with van der Waals surface area (Å²) in [5, 5.41) is 3.47. The van der Waals surface area contributed by atoms with Crippen LogP contribution in [0.1, 0.15) is 32.1 Å². The highest BCUT2D eigenvalue weighted by atomic mass is 16.3. The Hall–Kier alpha value is -1.81. The van der Waals surface area contributed by atoms with Gasteiger partial charge in [0.1, 0.15) is 11.6 Å². The van der Waals surface area contributed by atoms with Gasteiger partial charge in [0, 0.05) is 19.3 Å². The molecule has 114 valence electrons. The van der Waals surface area contributed by atoms with Crippen molar-refractivity contribution in [3.05, 3.63) is 48.0 Å². The second-order valence-electron chi connectivity index (χ2n) is 5.64. The van der Waals surface area contributed by atoms with Crippen molar-refractivity contribution in [2.24, 2.45) is 5.92 Å². The van der Waals surface area contributed by atoms with Crippen LogP contribution < -0.4 is 10.2 Å². The van der Waals surface area contributed by atoms with Crippen LogP contribution in [0.4, 0.5) is 5.82 Å². The third kappa shape index (κ3) is 4.90. The van der Waals surface area contributed by atoms with Crippen molar-refractivity contribution in [3.8, 4) is 0 Å². The first kappa shape index (κ1) is 15.6. The predicted octanol–water partition coefficient (Wildman–Crippen LogP) is 3.45. The van der Waals surface area contributed by atoms with Crippen LogP contribution in [0.2, 0.25) is 0 Å². The molecule has 2 aromatic rings. The summed E-state index contributed by atoms with van der Waals surface area (Å²) in [7, 11) is 0. The summed E-state index contributed by atoms with van der Waals surface area (Å²) < 4.78 is 5.43. The topological polar surface area (TPSA) is 41.3 Å². The maximum absolute atomic E-state index is 5.43. The van der Waals surface area contributed by atoms with E-state index in [2.05, 4.69) is 48.1 Å². The second-order valence-corrected chi connectivity index (χ2v) is 5.64. The minimum Gasteiger partial charge on any atom is -0.467 e. The van der Waals surface area contributed by atoms with Crippen LogP contribution >= 0.6 is 0 Å². The minimum atomic E-state index is 0.664. The van der Waals surface area contributed by atoms with Gasteiger partial charge in [0.2, 0.25) is 0 Å². The van der Waals surface area contributed by atoms with Gasteiger partial charge in [-0.3, -0.25) is 0 Å². The lowest BCUT2D eigenvalue weighted by Gasteiger charge is -2.21. The van der Waals surface area contributed by atoms with Crippen molar-refractivity contribution in [2.75, 3.05) is 18.0 Å². The normalized spacial score (nSPS) is 11.0. The Kier molecular flexibility index (Phi) is 5.81. The maximum atomic E-state index is 5.43. The summed E-state index contributed by atoms with van der Waals surface area (Å²) in [5.74, 6) is 2.62. The first-order valence-electron chi connectivity index (χ1n) is 7.62. The lowest BCUT2D eigenvalue weighted by molar-refractivity contribution is 0.502. The lowest BCUT2D eigenvalue weighted by Crippen LogP contribution is -2.23. The molecule has 2 heterocycles. The fraction of sp³-hybridized carbons (Fsp3) is 0.471. The van der Waals surface area contributed by atoms with Crippen molar-refractivity contribution in [1.29, 1.82) is 0 Å². The van der Waals surface area contributed by atoms with Gasteiger partial charge in [-0.2, -0.15) is 0 Å². The Morgan fingerprint density at radius 1 is 1.33 bits per heavy atom. The average Bonchev–Trinajstić information content (AvgIpc) is 2.97. The summed E-state index contributed by atoms with van der Waals surface area (Å²) in [4.78, 5) is 6.70. The molecule has 2 rings (SSSR count). The highest BCUT2D eigenvalue weighted by molar-refractivity contribution is 5.41. The average molecular weight is 287 g/mol. The molecule has 0 atom stereocenters. The highest BCUT2D eigenvalue weighted by Gasteiger charge is 2.09. The third-order valence-electron chi connectivity index (χ3n) is 3.32. The van der Waals surface area contributed by atoms with E-state index in [1.54, 1.807) is 6.26 Å². The monoisotopic (exact) mass is 287 g/mol. The van der Waals surface area contributed by atoms with Crippen molar-refractivity contribution in [1.82, 2.24) is 10.3 Å². The van der Waals surface area contributed by atoms with Crippen molar-refractivity contribution in [3.63, 3.8) is 0 Å². The zero-order valence-electron chi connectivity index (χ0n) is 13.2. The third-order valence-corrected chi connectivity index (χ3v) is 3.32. The van der Waals surface area contributed by atoms with Crippen molar-refractivity contribution in [2.45, 2.75) is 33.9 Å². The van der Waals surface area contributed by atoms with Crippen LogP contribution in [0.5, 0.6) is 0 Å². The van der Waals surface area contributed by atoms with Crippen LogP contribution in [0.25, 0.3) is 0 Å². The Bertz CT molecular complexity index is 523. The number of hydrogen-bond donors (Lipinski definition) is 1. The van der Waals surface area contributed by atoms with E-state index in [0.29, 0.717) is 5.92 Å². The molecule has 4 nitrogen and oxygen atoms in total. The Morgan fingerprint density at radius 3 is 2.86 bits per heavy atom. The molecular formula is C17H25N3O. The van der Waals surface area contributed by atoms with Gasteiger partial charge in [0.25, 0.3) is 0 Å². The standard InChI is InChI=1S/C17H25N3O/c1-4-20(13-16-6-5-9-21-16)17-10-15(7-8-19-17)12-18-11-14(2)3/h5-10,14,18H,4,11-13H2,1-3H3. The Labute approximate surface area is 127 Å². The second kappa shape index (κ2) is 7.84. The van der Waals surface area contributed by atoms with E-state index in [0.717, 1.165) is 37.8 Å². The van der Waals surface area contributed by atoms with Gasteiger partial charge in [-0.15, -0.1) is 0 Å². The summed E-state index contributed by atoms with van der Waals surface area (Å²) in [6, 6.07) is 8.14. The maximum Gasteiger partial charge on any atom is 0.129 e. The summed E-state index contributed by atoms with van der Waals surface area (Å²) in [6.45, 7) is 10.1. The van der Waals surface area contributed by atoms with E-state index in [1.807, 2.05) is 18.3 Å². The van der Waals surface area contributed by atoms with Crippen LogP contribution in [0, 0.1) is 5.92 Å². The van der Waals surface area contributed by atoms with E-state index in [4.69, 9.17) is 4.42 Å². The van der Waals surface area contributed by atoms with Crippen molar-refractivity contribution >= 4 is 5.82 Å². The summed E-state index contributed by atoms with van der Waals surface area (Å²) in [5.41, 5.74) is 1.26. The molecule has 0 bridgehead atoms. The molecule has 0 radical (unpaired) electrons. The number of rotatable bonds is 8. The molecule has 0 saturated heterocycles. The van der Waals surface area contributed by atoms with E-state index in [9.17, 15) is 0 Å². The molecule has 0 saturated carbocycles. The number of aromatic nitrogens is 1. The molecule has 0 aromatic carbocycles. The fourth-order valence-corrected chi connectivity index (χ4v) is 2.19. The van der Waals surface area contributed by atoms with Crippen LogP contribution in [-0.4, -0.2) is 18.1 Å². The quantitative estimate of drug-likeness (QED) is 0.807. The number of anilines is 1. The molecule has 0 spiro atoms. The zero-order valence-corrected chi connectivity index (χ0v) is 13.2. The lowest BCUT2D eigenvalue weighted by atomic mass is 10.2. The van der Waals surface area contributed by atoms with Crippen LogP contribution in [0.15, 0.2) is 41.1 Å². The van der Waals surface area contributed by atoms with E-state index in [-0.39, 0.29) is 0 Å². The van der Waals surface area contributed by atoms with E-state index in [1.165, 1.54) is 5.56 Å². The first-order valence-corrected chi connectivity index (χ1v) is 7.62. The predicted molar refractivity (Wildman–Crippen MR) is 86.2 cm³/mol. The van der Waals surface area contributed by atoms with Gasteiger partial charge >= 0.3 is 0 Å². The molecule has 0 amide bonds. The molecule has 0 aliphatic heterocycles. The largest absolute Gasteiger partial charge is 0.467 e. The van der Waals surface area contributed by atoms with Gasteiger partial charge < -0.3 is 14.6 Å². The van der Waals surface area contributed by atoms with Crippen LogP contribution in [-0.2, 0) is 13.1 Å². The van der Waals surface area contributed by atoms with Crippen molar-refractivity contribution < 1.29 is 4.42 Å². The summed E-state index contributed by atoms with van der Waals surface area (Å²) in [6.07, 6.45) is 3.59. The number of nitrogens with one attached hydrogen (secondary N) is 1. The molecule has 21 heavy (non-hydrogen) atoms. The number of furan rings is 1. The molecule has 0 unspecified atom stereocenters. The molecule has 2 aromatic heterocycles. The molecular weight excluding hydrogens is 262 g/mol. The van der Waals surface area contributed by atoms with Gasteiger partial charge in [-0.05, 0) is 49.2 Å². The van der Waals surface area contributed by atoms with E-state index >= 15 is 0 Å². The minimum absolute atomic E-state index is 0.664. The molecule has 1 N–H and O–H groups in total. The number of hydrogen-bond acceptors (Lipinski definition) is 4. The van der Waals surface area contributed by atoms with E-state index < -0.39 is 0 Å². The Morgan fingerprint density at radius 2 is 2.19 bits per heavy atom.